The third-order valence-electron chi connectivity index (χ3n) is 4.20. The Bertz CT molecular complexity index is 838. The fraction of sp³-hybridized carbons (Fsp3) is 0.421. The topological polar surface area (TPSA) is 131 Å². The van der Waals surface area contributed by atoms with Crippen molar-refractivity contribution in [1.82, 2.24) is 4.90 Å². The van der Waals surface area contributed by atoms with Gasteiger partial charge in [0.2, 0.25) is 5.91 Å². The molecule has 0 aliphatic carbocycles. The third kappa shape index (κ3) is 6.05. The minimum atomic E-state index is -1.06. The summed E-state index contributed by atoms with van der Waals surface area (Å²) < 4.78 is 4.94. The SMILES string of the molecule is CCN(CC)C1=NC(=O)[C@@H](CC(=O)Nc2cccc(C(=O)O[C@H](C)C(N)=O)c2)S1. The summed E-state index contributed by atoms with van der Waals surface area (Å²) >= 11 is 1.28. The maximum absolute atomic E-state index is 12.4. The van der Waals surface area contributed by atoms with Crippen LogP contribution in [0.2, 0.25) is 0 Å². The Morgan fingerprint density at radius 2 is 2.00 bits per heavy atom. The zero-order valence-corrected chi connectivity index (χ0v) is 17.3. The predicted molar refractivity (Wildman–Crippen MR) is 111 cm³/mol. The Labute approximate surface area is 173 Å². The molecule has 0 saturated carbocycles. The Hall–Kier alpha value is -2.88. The standard InChI is InChI=1S/C19H24N4O5S/c1-4-23(5-2)19-22-17(26)14(29-19)10-15(24)21-13-8-6-7-12(9-13)18(27)28-11(3)16(20)25/h6-9,11,14H,4-5,10H2,1-3H3,(H2,20,25)(H,21,24)/t11-,14-/m1/s1. The third-order valence-corrected chi connectivity index (χ3v) is 5.41. The molecule has 0 unspecified atom stereocenters. The number of hydrogen-bond acceptors (Lipinski definition) is 7. The average Bonchev–Trinajstić information content (AvgIpc) is 3.02. The number of ether oxygens (including phenoxy) is 1. The number of amidine groups is 1. The van der Waals surface area contributed by atoms with Crippen LogP contribution in [-0.2, 0) is 19.1 Å². The molecule has 2 rings (SSSR count). The number of primary amides is 1. The second kappa shape index (κ2) is 10.1. The van der Waals surface area contributed by atoms with E-state index in [9.17, 15) is 19.2 Å². The van der Waals surface area contributed by atoms with Crippen molar-refractivity contribution in [1.29, 1.82) is 0 Å². The number of aliphatic imine (C=N–C) groups is 1. The first-order chi connectivity index (χ1) is 13.7. The summed E-state index contributed by atoms with van der Waals surface area (Å²) in [5, 5.41) is 2.72. The Kier molecular flexibility index (Phi) is 7.77. The predicted octanol–water partition coefficient (Wildman–Crippen LogP) is 1.39. The van der Waals surface area contributed by atoms with Crippen molar-refractivity contribution in [3.63, 3.8) is 0 Å². The lowest BCUT2D eigenvalue weighted by Crippen LogP contribution is -2.30. The molecule has 1 aromatic carbocycles. The highest BCUT2D eigenvalue weighted by atomic mass is 32.2. The van der Waals surface area contributed by atoms with Crippen molar-refractivity contribution in [2.45, 2.75) is 38.5 Å². The normalized spacial score (nSPS) is 16.7. The van der Waals surface area contributed by atoms with Gasteiger partial charge in [-0.15, -0.1) is 0 Å². The zero-order chi connectivity index (χ0) is 21.6. The number of esters is 1. The van der Waals surface area contributed by atoms with Crippen LogP contribution in [0.25, 0.3) is 0 Å². The number of carbonyl (C=O) groups is 4. The Morgan fingerprint density at radius 1 is 1.31 bits per heavy atom. The summed E-state index contributed by atoms with van der Waals surface area (Å²) in [7, 11) is 0. The summed E-state index contributed by atoms with van der Waals surface area (Å²) in [5.41, 5.74) is 5.61. The van der Waals surface area contributed by atoms with E-state index in [0.717, 1.165) is 13.1 Å². The van der Waals surface area contributed by atoms with Crippen LogP contribution >= 0.6 is 11.8 Å². The summed E-state index contributed by atoms with van der Waals surface area (Å²) in [5.74, 6) is -2.19. The molecule has 1 aliphatic heterocycles. The van der Waals surface area contributed by atoms with Gasteiger partial charge in [0, 0.05) is 25.2 Å². The molecule has 0 spiro atoms. The van der Waals surface area contributed by atoms with Gasteiger partial charge in [0.05, 0.1) is 5.56 Å². The van der Waals surface area contributed by atoms with E-state index >= 15 is 0 Å². The molecule has 9 nitrogen and oxygen atoms in total. The number of nitrogens with two attached hydrogens (primary N) is 1. The molecule has 10 heteroatoms. The molecule has 0 fully saturated rings. The van der Waals surface area contributed by atoms with Gasteiger partial charge in [-0.05, 0) is 39.0 Å². The summed E-state index contributed by atoms with van der Waals surface area (Å²) in [6.07, 6.45) is -1.10. The number of amides is 3. The quantitative estimate of drug-likeness (QED) is 0.608. The Morgan fingerprint density at radius 3 is 2.62 bits per heavy atom. The van der Waals surface area contributed by atoms with Crippen LogP contribution in [0.3, 0.4) is 0 Å². The first kappa shape index (κ1) is 22.4. The van der Waals surface area contributed by atoms with Gasteiger partial charge in [-0.2, -0.15) is 4.99 Å². The molecular weight excluding hydrogens is 396 g/mol. The maximum Gasteiger partial charge on any atom is 0.338 e. The lowest BCUT2D eigenvalue weighted by Gasteiger charge is -2.19. The van der Waals surface area contributed by atoms with Crippen LogP contribution in [0.5, 0.6) is 0 Å². The average molecular weight is 420 g/mol. The first-order valence-corrected chi connectivity index (χ1v) is 10.1. The van der Waals surface area contributed by atoms with Crippen LogP contribution in [0.15, 0.2) is 29.3 Å². The van der Waals surface area contributed by atoms with E-state index in [0.29, 0.717) is 10.9 Å². The number of nitrogens with one attached hydrogen (secondary N) is 1. The summed E-state index contributed by atoms with van der Waals surface area (Å²) in [6, 6.07) is 6.09. The van der Waals surface area contributed by atoms with E-state index in [-0.39, 0.29) is 23.8 Å². The summed E-state index contributed by atoms with van der Waals surface area (Å²) in [4.78, 5) is 53.5. The zero-order valence-electron chi connectivity index (χ0n) is 16.5. The number of hydrogen-bond donors (Lipinski definition) is 2. The largest absolute Gasteiger partial charge is 0.449 e. The molecule has 0 aromatic heterocycles. The second-order valence-electron chi connectivity index (χ2n) is 6.29. The van der Waals surface area contributed by atoms with E-state index in [2.05, 4.69) is 10.3 Å². The van der Waals surface area contributed by atoms with Crippen molar-refractivity contribution in [3.8, 4) is 0 Å². The second-order valence-corrected chi connectivity index (χ2v) is 7.46. The van der Waals surface area contributed by atoms with Gasteiger partial charge in [-0.3, -0.25) is 14.4 Å². The highest BCUT2D eigenvalue weighted by Gasteiger charge is 2.32. The number of benzene rings is 1. The van der Waals surface area contributed by atoms with E-state index < -0.39 is 23.2 Å². The van der Waals surface area contributed by atoms with Crippen LogP contribution < -0.4 is 11.1 Å². The van der Waals surface area contributed by atoms with Crippen LogP contribution in [0.1, 0.15) is 37.6 Å². The molecule has 1 aliphatic rings. The lowest BCUT2D eigenvalue weighted by atomic mass is 10.2. The summed E-state index contributed by atoms with van der Waals surface area (Å²) in [6.45, 7) is 6.77. The maximum atomic E-state index is 12.4. The molecule has 3 N–H and O–H groups in total. The molecule has 0 radical (unpaired) electrons. The van der Waals surface area contributed by atoms with E-state index in [1.165, 1.54) is 30.8 Å². The van der Waals surface area contributed by atoms with Gasteiger partial charge in [0.15, 0.2) is 11.3 Å². The molecule has 0 bridgehead atoms. The number of nitrogens with zero attached hydrogens (tertiary/aromatic N) is 2. The molecule has 2 atom stereocenters. The van der Waals surface area contributed by atoms with Crippen LogP contribution in [0, 0.1) is 0 Å². The van der Waals surface area contributed by atoms with Crippen molar-refractivity contribution >= 4 is 46.3 Å². The molecule has 29 heavy (non-hydrogen) atoms. The monoisotopic (exact) mass is 420 g/mol. The van der Waals surface area contributed by atoms with Crippen molar-refractivity contribution in [3.05, 3.63) is 29.8 Å². The fourth-order valence-corrected chi connectivity index (χ4v) is 3.72. The molecular formula is C19H24N4O5S. The minimum absolute atomic E-state index is 0.0366. The molecule has 0 saturated heterocycles. The van der Waals surface area contributed by atoms with Gasteiger partial charge in [0.25, 0.3) is 11.8 Å². The van der Waals surface area contributed by atoms with E-state index in [1.54, 1.807) is 12.1 Å². The van der Waals surface area contributed by atoms with Gasteiger partial charge in [-0.25, -0.2) is 4.79 Å². The molecule has 1 heterocycles. The van der Waals surface area contributed by atoms with Gasteiger partial charge in [-0.1, -0.05) is 17.8 Å². The lowest BCUT2D eigenvalue weighted by molar-refractivity contribution is -0.125. The number of anilines is 1. The highest BCUT2D eigenvalue weighted by Crippen LogP contribution is 2.27. The molecule has 1 aromatic rings. The van der Waals surface area contributed by atoms with E-state index in [1.807, 2.05) is 18.7 Å². The van der Waals surface area contributed by atoms with E-state index in [4.69, 9.17) is 10.5 Å². The van der Waals surface area contributed by atoms with Crippen molar-refractivity contribution < 1.29 is 23.9 Å². The van der Waals surface area contributed by atoms with Crippen LogP contribution in [0.4, 0.5) is 5.69 Å². The van der Waals surface area contributed by atoms with Gasteiger partial charge in [0.1, 0.15) is 5.25 Å². The molecule has 156 valence electrons. The smallest absolute Gasteiger partial charge is 0.338 e. The number of carbonyl (C=O) groups excluding carboxylic acids is 4. The van der Waals surface area contributed by atoms with Crippen molar-refractivity contribution in [2.75, 3.05) is 18.4 Å². The molecule has 3 amide bonds. The number of rotatable bonds is 8. The van der Waals surface area contributed by atoms with Gasteiger partial charge < -0.3 is 20.7 Å². The van der Waals surface area contributed by atoms with Gasteiger partial charge >= 0.3 is 5.97 Å². The Balaban J connectivity index is 1.96. The minimum Gasteiger partial charge on any atom is -0.449 e. The fourth-order valence-electron chi connectivity index (χ4n) is 2.53. The van der Waals surface area contributed by atoms with Crippen molar-refractivity contribution in [2.24, 2.45) is 10.7 Å². The number of thioether (sulfide) groups is 1. The van der Waals surface area contributed by atoms with Crippen LogP contribution in [-0.4, -0.2) is 58.2 Å². The highest BCUT2D eigenvalue weighted by molar-refractivity contribution is 8.15. The first-order valence-electron chi connectivity index (χ1n) is 9.19.